The van der Waals surface area contributed by atoms with Gasteiger partial charge in [0.25, 0.3) is 5.69 Å². The number of ether oxygens (including phenoxy) is 2. The van der Waals surface area contributed by atoms with Crippen LogP contribution in [0.2, 0.25) is 0 Å². The molecule has 1 aromatic carbocycles. The van der Waals surface area contributed by atoms with Gasteiger partial charge in [-0.15, -0.1) is 0 Å². The molecule has 0 radical (unpaired) electrons. The van der Waals surface area contributed by atoms with Crippen LogP contribution in [-0.2, 0) is 9.53 Å². The number of carbonyl (C=O) groups is 1. The van der Waals surface area contributed by atoms with E-state index in [1.165, 1.54) is 19.2 Å². The van der Waals surface area contributed by atoms with Gasteiger partial charge in [0.05, 0.1) is 18.5 Å². The van der Waals surface area contributed by atoms with Gasteiger partial charge < -0.3 is 9.47 Å². The van der Waals surface area contributed by atoms with Gasteiger partial charge in [0.1, 0.15) is 11.4 Å². The molecule has 0 N–H and O–H groups in total. The third kappa shape index (κ3) is 3.01. The number of hydrogen-bond acceptors (Lipinski definition) is 5. The van der Waals surface area contributed by atoms with E-state index in [-0.39, 0.29) is 18.1 Å². The number of nitro groups is 1. The fraction of sp³-hybridized carbons (Fsp3) is 0.462. The highest BCUT2D eigenvalue weighted by molar-refractivity contribution is 5.70. The number of non-ortho nitro benzene ring substituents is 1. The second-order valence-corrected chi connectivity index (χ2v) is 4.64. The molecule has 0 aromatic heterocycles. The van der Waals surface area contributed by atoms with Gasteiger partial charge in [-0.25, -0.2) is 0 Å². The summed E-state index contributed by atoms with van der Waals surface area (Å²) in [4.78, 5) is 21.5. The maximum Gasteiger partial charge on any atom is 0.309 e. The Labute approximate surface area is 110 Å². The molecular weight excluding hydrogens is 250 g/mol. The molecule has 0 spiro atoms. The topological polar surface area (TPSA) is 78.7 Å². The van der Waals surface area contributed by atoms with Crippen LogP contribution in [-0.4, -0.2) is 23.6 Å². The van der Waals surface area contributed by atoms with E-state index in [9.17, 15) is 14.9 Å². The molecule has 1 aromatic rings. The van der Waals surface area contributed by atoms with Gasteiger partial charge in [-0.1, -0.05) is 0 Å². The molecule has 0 heterocycles. The Morgan fingerprint density at radius 3 is 2.42 bits per heavy atom. The van der Waals surface area contributed by atoms with Crippen LogP contribution in [0.1, 0.15) is 25.7 Å². The second-order valence-electron chi connectivity index (χ2n) is 4.64. The summed E-state index contributed by atoms with van der Waals surface area (Å²) in [6.07, 6.45) is 2.79. The number of carbonyl (C=O) groups excluding carboxylic acids is 1. The zero-order valence-electron chi connectivity index (χ0n) is 10.6. The van der Waals surface area contributed by atoms with Crippen molar-refractivity contribution in [2.75, 3.05) is 7.11 Å². The number of benzene rings is 1. The van der Waals surface area contributed by atoms with Crippen molar-refractivity contribution < 1.29 is 19.2 Å². The van der Waals surface area contributed by atoms with Gasteiger partial charge in [0.15, 0.2) is 0 Å². The number of nitrogens with zero attached hydrogens (tertiary/aromatic N) is 1. The maximum atomic E-state index is 11.4. The summed E-state index contributed by atoms with van der Waals surface area (Å²) in [5.41, 5.74) is -0.494. The molecule has 6 heteroatoms. The standard InChI is InChI=1S/C13H15NO5/c1-18-12(15)9-13(7-2-8-13)19-11-5-3-10(4-6-11)14(16)17/h3-6H,2,7-9H2,1H3. The van der Waals surface area contributed by atoms with Gasteiger partial charge in [-0.3, -0.25) is 14.9 Å². The molecule has 0 bridgehead atoms. The van der Waals surface area contributed by atoms with Crippen LogP contribution in [0.15, 0.2) is 24.3 Å². The van der Waals surface area contributed by atoms with E-state index in [1.807, 2.05) is 0 Å². The number of methoxy groups -OCH3 is 1. The van der Waals surface area contributed by atoms with Crippen LogP contribution in [0, 0.1) is 10.1 Å². The van der Waals surface area contributed by atoms with Crippen molar-refractivity contribution in [2.24, 2.45) is 0 Å². The fourth-order valence-corrected chi connectivity index (χ4v) is 2.11. The molecule has 0 atom stereocenters. The Morgan fingerprint density at radius 1 is 1.37 bits per heavy atom. The van der Waals surface area contributed by atoms with E-state index >= 15 is 0 Å². The summed E-state index contributed by atoms with van der Waals surface area (Å²) in [5, 5.41) is 10.6. The van der Waals surface area contributed by atoms with Crippen molar-refractivity contribution in [3.05, 3.63) is 34.4 Å². The highest BCUT2D eigenvalue weighted by Crippen LogP contribution is 2.39. The average molecular weight is 265 g/mol. The smallest absolute Gasteiger partial charge is 0.309 e. The lowest BCUT2D eigenvalue weighted by Crippen LogP contribution is -2.45. The molecule has 0 amide bonds. The number of hydrogen-bond donors (Lipinski definition) is 0. The quantitative estimate of drug-likeness (QED) is 0.464. The zero-order valence-corrected chi connectivity index (χ0v) is 10.6. The largest absolute Gasteiger partial charge is 0.487 e. The molecular formula is C13H15NO5. The van der Waals surface area contributed by atoms with Crippen LogP contribution >= 0.6 is 0 Å². The van der Waals surface area contributed by atoms with E-state index in [2.05, 4.69) is 4.74 Å². The van der Waals surface area contributed by atoms with Crippen LogP contribution < -0.4 is 4.74 Å². The predicted octanol–water partition coefficient (Wildman–Crippen LogP) is 2.46. The number of nitro benzene ring substituents is 1. The number of esters is 1. The van der Waals surface area contributed by atoms with Gasteiger partial charge >= 0.3 is 5.97 Å². The molecule has 0 aliphatic heterocycles. The average Bonchev–Trinajstić information content (AvgIpc) is 2.36. The van der Waals surface area contributed by atoms with Crippen molar-refractivity contribution in [2.45, 2.75) is 31.3 Å². The SMILES string of the molecule is COC(=O)CC1(Oc2ccc([N+](=O)[O-])cc2)CCC1. The minimum absolute atomic E-state index is 0.0166. The Hall–Kier alpha value is -2.11. The molecule has 2 rings (SSSR count). The lowest BCUT2D eigenvalue weighted by Gasteiger charge is -2.41. The van der Waals surface area contributed by atoms with E-state index in [0.717, 1.165) is 19.3 Å². The molecule has 0 saturated heterocycles. The second kappa shape index (κ2) is 5.26. The lowest BCUT2D eigenvalue weighted by molar-refractivity contribution is -0.384. The van der Waals surface area contributed by atoms with Crippen molar-refractivity contribution in [1.29, 1.82) is 0 Å². The van der Waals surface area contributed by atoms with Crippen LogP contribution in [0.5, 0.6) is 5.75 Å². The van der Waals surface area contributed by atoms with E-state index in [1.54, 1.807) is 12.1 Å². The van der Waals surface area contributed by atoms with E-state index in [0.29, 0.717) is 5.75 Å². The lowest BCUT2D eigenvalue weighted by atomic mass is 9.77. The summed E-state index contributed by atoms with van der Waals surface area (Å²) in [6.45, 7) is 0. The molecule has 0 unspecified atom stereocenters. The van der Waals surface area contributed by atoms with Crippen molar-refractivity contribution in [3.8, 4) is 5.75 Å². The fourth-order valence-electron chi connectivity index (χ4n) is 2.11. The van der Waals surface area contributed by atoms with Crippen LogP contribution in [0.3, 0.4) is 0 Å². The highest BCUT2D eigenvalue weighted by Gasteiger charge is 2.41. The molecule has 1 aliphatic rings. The molecule has 1 aliphatic carbocycles. The minimum Gasteiger partial charge on any atom is -0.487 e. The first kappa shape index (κ1) is 13.3. The van der Waals surface area contributed by atoms with Crippen molar-refractivity contribution in [1.82, 2.24) is 0 Å². The Bertz CT molecular complexity index is 478. The molecule has 102 valence electrons. The van der Waals surface area contributed by atoms with Crippen molar-refractivity contribution in [3.63, 3.8) is 0 Å². The van der Waals surface area contributed by atoms with Gasteiger partial charge in [-0.05, 0) is 31.4 Å². The van der Waals surface area contributed by atoms with Gasteiger partial charge in [0.2, 0.25) is 0 Å². The predicted molar refractivity (Wildman–Crippen MR) is 66.9 cm³/mol. The molecule has 1 saturated carbocycles. The highest BCUT2D eigenvalue weighted by atomic mass is 16.6. The van der Waals surface area contributed by atoms with Crippen LogP contribution in [0.25, 0.3) is 0 Å². The molecule has 6 nitrogen and oxygen atoms in total. The van der Waals surface area contributed by atoms with Crippen molar-refractivity contribution >= 4 is 11.7 Å². The Morgan fingerprint density at radius 2 is 2.00 bits per heavy atom. The Balaban J connectivity index is 2.06. The third-order valence-electron chi connectivity index (χ3n) is 3.34. The van der Waals surface area contributed by atoms with E-state index in [4.69, 9.17) is 4.74 Å². The monoisotopic (exact) mass is 265 g/mol. The molecule has 1 fully saturated rings. The normalized spacial score (nSPS) is 16.3. The van der Waals surface area contributed by atoms with Gasteiger partial charge in [-0.2, -0.15) is 0 Å². The first-order chi connectivity index (χ1) is 9.04. The summed E-state index contributed by atoms with van der Waals surface area (Å²) < 4.78 is 10.5. The summed E-state index contributed by atoms with van der Waals surface area (Å²) in [7, 11) is 1.35. The summed E-state index contributed by atoms with van der Waals surface area (Å²) in [6, 6.07) is 5.88. The third-order valence-corrected chi connectivity index (χ3v) is 3.34. The Kier molecular flexibility index (Phi) is 3.69. The first-order valence-electron chi connectivity index (χ1n) is 6.05. The maximum absolute atomic E-state index is 11.4. The van der Waals surface area contributed by atoms with E-state index < -0.39 is 10.5 Å². The zero-order chi connectivity index (χ0) is 13.9. The summed E-state index contributed by atoms with van der Waals surface area (Å²) >= 11 is 0. The van der Waals surface area contributed by atoms with Gasteiger partial charge in [0, 0.05) is 12.1 Å². The molecule has 19 heavy (non-hydrogen) atoms. The number of rotatable bonds is 5. The summed E-state index contributed by atoms with van der Waals surface area (Å²) in [5.74, 6) is 0.232. The van der Waals surface area contributed by atoms with Crippen LogP contribution in [0.4, 0.5) is 5.69 Å². The minimum atomic E-state index is -0.511. The first-order valence-corrected chi connectivity index (χ1v) is 6.05.